The molecule has 5 nitrogen and oxygen atoms in total. The minimum Gasteiger partial charge on any atom is -0.449 e. The standard InChI is InChI=1S/C18H18ClNO4/c1-11-15(19)4-3-5-16(11)20-17(22)12(2)24-18(23)14-8-6-13(10-21)7-9-14/h3-9,12,21H,10H2,1-2H3,(H,20,22)/t12-/m1/s1. The maximum Gasteiger partial charge on any atom is 0.338 e. The van der Waals surface area contributed by atoms with Gasteiger partial charge in [-0.3, -0.25) is 4.79 Å². The molecular formula is C18H18ClNO4. The number of aliphatic hydroxyl groups is 1. The molecule has 0 radical (unpaired) electrons. The third kappa shape index (κ3) is 4.34. The van der Waals surface area contributed by atoms with Crippen molar-refractivity contribution >= 4 is 29.2 Å². The number of ether oxygens (including phenoxy) is 1. The van der Waals surface area contributed by atoms with Gasteiger partial charge in [-0.05, 0) is 49.2 Å². The second-order valence-corrected chi connectivity index (χ2v) is 5.71. The first kappa shape index (κ1) is 18.0. The van der Waals surface area contributed by atoms with Gasteiger partial charge in [-0.15, -0.1) is 0 Å². The summed E-state index contributed by atoms with van der Waals surface area (Å²) in [5.41, 5.74) is 2.31. The molecule has 0 aliphatic heterocycles. The fourth-order valence-corrected chi connectivity index (χ4v) is 2.18. The van der Waals surface area contributed by atoms with Crippen molar-refractivity contribution in [3.63, 3.8) is 0 Å². The second kappa shape index (κ2) is 7.95. The Bertz CT molecular complexity index is 743. The van der Waals surface area contributed by atoms with Crippen molar-refractivity contribution in [3.05, 3.63) is 64.2 Å². The van der Waals surface area contributed by atoms with E-state index in [1.165, 1.54) is 6.92 Å². The first-order valence-electron chi connectivity index (χ1n) is 7.39. The smallest absolute Gasteiger partial charge is 0.338 e. The van der Waals surface area contributed by atoms with Gasteiger partial charge in [0.1, 0.15) is 0 Å². The second-order valence-electron chi connectivity index (χ2n) is 5.30. The molecule has 2 rings (SSSR count). The Hall–Kier alpha value is -2.37. The van der Waals surface area contributed by atoms with Crippen LogP contribution in [-0.4, -0.2) is 23.1 Å². The predicted octanol–water partition coefficient (Wildman–Crippen LogP) is 3.32. The zero-order valence-corrected chi connectivity index (χ0v) is 14.1. The Morgan fingerprint density at radius 1 is 1.21 bits per heavy atom. The summed E-state index contributed by atoms with van der Waals surface area (Å²) in [6.07, 6.45) is -0.964. The number of aliphatic hydroxyl groups excluding tert-OH is 1. The fraction of sp³-hybridized carbons (Fsp3) is 0.222. The van der Waals surface area contributed by atoms with E-state index in [9.17, 15) is 9.59 Å². The van der Waals surface area contributed by atoms with Crippen LogP contribution in [0.3, 0.4) is 0 Å². The predicted molar refractivity (Wildman–Crippen MR) is 92.1 cm³/mol. The molecule has 1 atom stereocenters. The SMILES string of the molecule is Cc1c(Cl)cccc1NC(=O)[C@@H](C)OC(=O)c1ccc(CO)cc1. The van der Waals surface area contributed by atoms with Crippen LogP contribution in [0.25, 0.3) is 0 Å². The number of esters is 1. The Morgan fingerprint density at radius 3 is 2.50 bits per heavy atom. The van der Waals surface area contributed by atoms with Crippen molar-refractivity contribution in [2.24, 2.45) is 0 Å². The summed E-state index contributed by atoms with van der Waals surface area (Å²) >= 11 is 6.01. The molecule has 0 spiro atoms. The third-order valence-corrected chi connectivity index (χ3v) is 3.96. The highest BCUT2D eigenvalue weighted by atomic mass is 35.5. The molecule has 0 heterocycles. The highest BCUT2D eigenvalue weighted by Gasteiger charge is 2.19. The molecule has 0 aliphatic rings. The lowest BCUT2D eigenvalue weighted by atomic mass is 10.1. The molecule has 6 heteroatoms. The number of carbonyl (C=O) groups excluding carboxylic acids is 2. The molecule has 2 aromatic carbocycles. The van der Waals surface area contributed by atoms with Crippen LogP contribution in [0.2, 0.25) is 5.02 Å². The van der Waals surface area contributed by atoms with Crippen molar-refractivity contribution in [3.8, 4) is 0 Å². The van der Waals surface area contributed by atoms with Gasteiger partial charge in [0.2, 0.25) is 0 Å². The Morgan fingerprint density at radius 2 is 1.88 bits per heavy atom. The van der Waals surface area contributed by atoms with Crippen LogP contribution in [-0.2, 0) is 16.1 Å². The highest BCUT2D eigenvalue weighted by molar-refractivity contribution is 6.31. The van der Waals surface area contributed by atoms with E-state index in [1.807, 2.05) is 0 Å². The minimum absolute atomic E-state index is 0.104. The van der Waals surface area contributed by atoms with Crippen molar-refractivity contribution in [1.29, 1.82) is 0 Å². The van der Waals surface area contributed by atoms with Crippen molar-refractivity contribution < 1.29 is 19.4 Å². The Labute approximate surface area is 145 Å². The molecule has 2 aromatic rings. The van der Waals surface area contributed by atoms with E-state index in [0.29, 0.717) is 21.8 Å². The van der Waals surface area contributed by atoms with Crippen LogP contribution in [0, 0.1) is 6.92 Å². The van der Waals surface area contributed by atoms with Gasteiger partial charge in [-0.1, -0.05) is 29.8 Å². The van der Waals surface area contributed by atoms with Gasteiger partial charge in [0.15, 0.2) is 6.10 Å². The van der Waals surface area contributed by atoms with Crippen molar-refractivity contribution in [1.82, 2.24) is 0 Å². The van der Waals surface area contributed by atoms with Gasteiger partial charge >= 0.3 is 5.97 Å². The van der Waals surface area contributed by atoms with Gasteiger partial charge in [0.05, 0.1) is 12.2 Å². The molecule has 126 valence electrons. The number of anilines is 1. The summed E-state index contributed by atoms with van der Waals surface area (Å²) in [6, 6.07) is 11.5. The summed E-state index contributed by atoms with van der Waals surface area (Å²) in [7, 11) is 0. The van der Waals surface area contributed by atoms with E-state index in [1.54, 1.807) is 49.4 Å². The first-order chi connectivity index (χ1) is 11.4. The number of nitrogens with one attached hydrogen (secondary N) is 1. The van der Waals surface area contributed by atoms with E-state index < -0.39 is 18.0 Å². The lowest BCUT2D eigenvalue weighted by Crippen LogP contribution is -2.30. The number of carbonyl (C=O) groups is 2. The molecule has 1 amide bonds. The van der Waals surface area contributed by atoms with E-state index in [4.69, 9.17) is 21.4 Å². The first-order valence-corrected chi connectivity index (χ1v) is 7.77. The molecule has 0 aliphatic carbocycles. The normalized spacial score (nSPS) is 11.7. The molecule has 0 aromatic heterocycles. The monoisotopic (exact) mass is 347 g/mol. The van der Waals surface area contributed by atoms with E-state index in [0.717, 1.165) is 5.56 Å². The fourth-order valence-electron chi connectivity index (χ4n) is 2.01. The van der Waals surface area contributed by atoms with Crippen LogP contribution < -0.4 is 5.32 Å². The molecular weight excluding hydrogens is 330 g/mol. The number of halogens is 1. The number of amides is 1. The third-order valence-electron chi connectivity index (χ3n) is 3.55. The van der Waals surface area contributed by atoms with Crippen LogP contribution in [0.5, 0.6) is 0 Å². The van der Waals surface area contributed by atoms with E-state index in [-0.39, 0.29) is 6.61 Å². The largest absolute Gasteiger partial charge is 0.449 e. The number of benzene rings is 2. The molecule has 0 saturated heterocycles. The summed E-state index contributed by atoms with van der Waals surface area (Å²) < 4.78 is 5.17. The van der Waals surface area contributed by atoms with Crippen LogP contribution in [0.1, 0.15) is 28.4 Å². The molecule has 0 unspecified atom stereocenters. The van der Waals surface area contributed by atoms with Crippen LogP contribution in [0.4, 0.5) is 5.69 Å². The molecule has 2 N–H and O–H groups in total. The summed E-state index contributed by atoms with van der Waals surface area (Å²) in [5.74, 6) is -1.05. The number of hydrogen-bond donors (Lipinski definition) is 2. The number of hydrogen-bond acceptors (Lipinski definition) is 4. The minimum atomic E-state index is -0.964. The highest BCUT2D eigenvalue weighted by Crippen LogP contribution is 2.23. The number of rotatable bonds is 5. The average Bonchev–Trinajstić information content (AvgIpc) is 2.58. The molecule has 0 fully saturated rings. The van der Waals surface area contributed by atoms with Crippen molar-refractivity contribution in [2.75, 3.05) is 5.32 Å². The summed E-state index contributed by atoms with van der Waals surface area (Å²) in [4.78, 5) is 24.2. The van der Waals surface area contributed by atoms with E-state index in [2.05, 4.69) is 5.32 Å². The molecule has 0 bridgehead atoms. The van der Waals surface area contributed by atoms with Crippen LogP contribution >= 0.6 is 11.6 Å². The zero-order valence-electron chi connectivity index (χ0n) is 13.4. The van der Waals surface area contributed by atoms with E-state index >= 15 is 0 Å². The Balaban J connectivity index is 2.00. The maximum atomic E-state index is 12.2. The van der Waals surface area contributed by atoms with Gasteiger partial charge in [0.25, 0.3) is 5.91 Å². The van der Waals surface area contributed by atoms with Gasteiger partial charge in [-0.2, -0.15) is 0 Å². The zero-order chi connectivity index (χ0) is 17.7. The maximum absolute atomic E-state index is 12.2. The van der Waals surface area contributed by atoms with Crippen LogP contribution in [0.15, 0.2) is 42.5 Å². The van der Waals surface area contributed by atoms with Gasteiger partial charge in [0, 0.05) is 10.7 Å². The quantitative estimate of drug-likeness (QED) is 0.813. The molecule has 24 heavy (non-hydrogen) atoms. The van der Waals surface area contributed by atoms with Gasteiger partial charge in [-0.25, -0.2) is 4.79 Å². The summed E-state index contributed by atoms with van der Waals surface area (Å²) in [5, 5.41) is 12.2. The van der Waals surface area contributed by atoms with Crippen molar-refractivity contribution in [2.45, 2.75) is 26.6 Å². The summed E-state index contributed by atoms with van der Waals surface area (Å²) in [6.45, 7) is 3.18. The average molecular weight is 348 g/mol. The Kier molecular flexibility index (Phi) is 5.95. The molecule has 0 saturated carbocycles. The lowest BCUT2D eigenvalue weighted by molar-refractivity contribution is -0.123. The topological polar surface area (TPSA) is 75.6 Å². The van der Waals surface area contributed by atoms with Gasteiger partial charge < -0.3 is 15.2 Å². The lowest BCUT2D eigenvalue weighted by Gasteiger charge is -2.15.